The molecule has 0 saturated carbocycles. The molecule has 0 spiro atoms. The van der Waals surface area contributed by atoms with Crippen LogP contribution < -0.4 is 15.8 Å². The molecule has 1 heterocycles. The molecule has 0 aliphatic heterocycles. The van der Waals surface area contributed by atoms with Crippen LogP contribution in [0.1, 0.15) is 32.3 Å². The van der Waals surface area contributed by atoms with Gasteiger partial charge in [-0.15, -0.1) is 6.42 Å². The molecule has 7 nitrogen and oxygen atoms in total. The van der Waals surface area contributed by atoms with Gasteiger partial charge in [0.25, 0.3) is 0 Å². The maximum absolute atomic E-state index is 13.5. The van der Waals surface area contributed by atoms with Crippen molar-refractivity contribution in [2.75, 3.05) is 25.5 Å². The standard InChI is InChI=1S/C23H26ClFN4O2.C3H5N/c1-4-8-29(17(5-2)13-30)12-15-9-18-21(11-22(15)31-3)26-14-27-23(18)28-16-6-7-20(25)19(24)10-16;1-2-3-4/h6-7,9-11,13-14,17H,4-5,8,12H2,1-3H3,(H,26,27,28);1H,3-4H2/t17-;/m1./s1. The van der Waals surface area contributed by atoms with E-state index in [-0.39, 0.29) is 11.1 Å². The van der Waals surface area contributed by atoms with Gasteiger partial charge in [0, 0.05) is 29.2 Å². The first-order chi connectivity index (χ1) is 16.9. The van der Waals surface area contributed by atoms with E-state index in [2.05, 4.69) is 39.5 Å². The number of fused-ring (bicyclic) bond motifs is 1. The normalized spacial score (nSPS) is 11.4. The number of halogens is 2. The fraction of sp³-hybridized carbons (Fsp3) is 0.346. The summed E-state index contributed by atoms with van der Waals surface area (Å²) in [7, 11) is 1.62. The number of terminal acetylenes is 1. The maximum Gasteiger partial charge on any atom is 0.141 e. The van der Waals surface area contributed by atoms with Crippen LogP contribution in [0.2, 0.25) is 5.02 Å². The molecule has 35 heavy (non-hydrogen) atoms. The van der Waals surface area contributed by atoms with Gasteiger partial charge in [-0.2, -0.15) is 0 Å². The zero-order chi connectivity index (χ0) is 25.8. The number of rotatable bonds is 10. The number of carbonyl (C=O) groups excluding carboxylic acids is 1. The van der Waals surface area contributed by atoms with Crippen molar-refractivity contribution in [3.05, 3.63) is 53.1 Å². The Balaban J connectivity index is 0.00000100. The van der Waals surface area contributed by atoms with Crippen molar-refractivity contribution < 1.29 is 13.9 Å². The molecule has 0 amide bonds. The van der Waals surface area contributed by atoms with E-state index in [9.17, 15) is 9.18 Å². The first kappa shape index (κ1) is 28.0. The number of hydrogen-bond donors (Lipinski definition) is 2. The number of nitrogens with two attached hydrogens (primary N) is 1. The minimum Gasteiger partial charge on any atom is -0.496 e. The van der Waals surface area contributed by atoms with Crippen LogP contribution in [0.5, 0.6) is 5.75 Å². The minimum absolute atomic E-state index is 0.0281. The van der Waals surface area contributed by atoms with Crippen molar-refractivity contribution in [1.29, 1.82) is 0 Å². The fourth-order valence-corrected chi connectivity index (χ4v) is 3.74. The number of hydrogen-bond acceptors (Lipinski definition) is 7. The molecule has 186 valence electrons. The lowest BCUT2D eigenvalue weighted by Crippen LogP contribution is -2.36. The lowest BCUT2D eigenvalue weighted by Gasteiger charge is -2.27. The minimum atomic E-state index is -0.483. The van der Waals surface area contributed by atoms with Crippen LogP contribution in [0, 0.1) is 18.2 Å². The van der Waals surface area contributed by atoms with E-state index >= 15 is 0 Å². The highest BCUT2D eigenvalue weighted by molar-refractivity contribution is 6.31. The van der Waals surface area contributed by atoms with E-state index in [4.69, 9.17) is 22.1 Å². The van der Waals surface area contributed by atoms with Crippen molar-refractivity contribution in [1.82, 2.24) is 14.9 Å². The van der Waals surface area contributed by atoms with E-state index in [1.165, 1.54) is 18.5 Å². The molecule has 3 rings (SSSR count). The van der Waals surface area contributed by atoms with Gasteiger partial charge in [-0.1, -0.05) is 31.4 Å². The van der Waals surface area contributed by atoms with Crippen molar-refractivity contribution in [3.63, 3.8) is 0 Å². The largest absolute Gasteiger partial charge is 0.496 e. The second-order valence-electron chi connectivity index (χ2n) is 7.65. The number of aldehydes is 1. The number of methoxy groups -OCH3 is 1. The van der Waals surface area contributed by atoms with Crippen molar-refractivity contribution >= 4 is 40.3 Å². The molecular formula is C26H31ClFN5O2. The molecule has 0 saturated heterocycles. The van der Waals surface area contributed by atoms with Gasteiger partial charge in [-0.05, 0) is 43.7 Å². The third kappa shape index (κ3) is 7.62. The number of carbonyl (C=O) groups is 1. The Labute approximate surface area is 210 Å². The van der Waals surface area contributed by atoms with Crippen molar-refractivity contribution in [3.8, 4) is 18.1 Å². The molecule has 2 aromatic carbocycles. The summed E-state index contributed by atoms with van der Waals surface area (Å²) in [5.74, 6) is 2.99. The van der Waals surface area contributed by atoms with Gasteiger partial charge in [0.15, 0.2) is 0 Å². The van der Waals surface area contributed by atoms with Gasteiger partial charge in [-0.25, -0.2) is 14.4 Å². The lowest BCUT2D eigenvalue weighted by atomic mass is 10.1. The molecule has 0 unspecified atom stereocenters. The molecule has 0 radical (unpaired) electrons. The summed E-state index contributed by atoms with van der Waals surface area (Å²) in [5.41, 5.74) is 7.04. The summed E-state index contributed by atoms with van der Waals surface area (Å²) >= 11 is 5.91. The second kappa shape index (κ2) is 14.2. The van der Waals surface area contributed by atoms with E-state index in [1.54, 1.807) is 13.2 Å². The zero-order valence-electron chi connectivity index (χ0n) is 20.2. The average molecular weight is 500 g/mol. The quantitative estimate of drug-likeness (QED) is 0.301. The Morgan fingerprint density at radius 1 is 1.31 bits per heavy atom. The van der Waals surface area contributed by atoms with Crippen LogP contribution in [0.15, 0.2) is 36.7 Å². The first-order valence-electron chi connectivity index (χ1n) is 11.3. The molecular weight excluding hydrogens is 469 g/mol. The molecule has 1 aromatic heterocycles. The zero-order valence-corrected chi connectivity index (χ0v) is 21.0. The highest BCUT2D eigenvalue weighted by Gasteiger charge is 2.19. The van der Waals surface area contributed by atoms with Gasteiger partial charge in [0.1, 0.15) is 30.0 Å². The van der Waals surface area contributed by atoms with Gasteiger partial charge in [0.2, 0.25) is 0 Å². The first-order valence-corrected chi connectivity index (χ1v) is 11.7. The van der Waals surface area contributed by atoms with Crippen LogP contribution in [0.25, 0.3) is 10.9 Å². The molecule has 0 fully saturated rings. The van der Waals surface area contributed by atoms with Crippen LogP contribution in [-0.4, -0.2) is 47.4 Å². The third-order valence-electron chi connectivity index (χ3n) is 5.27. The molecule has 1 atom stereocenters. The molecule has 3 N–H and O–H groups in total. The summed E-state index contributed by atoms with van der Waals surface area (Å²) in [6, 6.07) is 8.08. The summed E-state index contributed by atoms with van der Waals surface area (Å²) in [5, 5.41) is 4.01. The van der Waals surface area contributed by atoms with Gasteiger partial charge in [-0.3, -0.25) is 4.90 Å². The Morgan fingerprint density at radius 2 is 2.06 bits per heavy atom. The summed E-state index contributed by atoms with van der Waals surface area (Å²) in [6.45, 7) is 5.79. The molecule has 9 heteroatoms. The summed E-state index contributed by atoms with van der Waals surface area (Å²) < 4.78 is 19.1. The Bertz CT molecular complexity index is 1170. The number of anilines is 2. The smallest absolute Gasteiger partial charge is 0.141 e. The predicted octanol–water partition coefficient (Wildman–Crippen LogP) is 4.94. The van der Waals surface area contributed by atoms with Crippen molar-refractivity contribution in [2.24, 2.45) is 5.73 Å². The Kier molecular flexibility index (Phi) is 11.4. The van der Waals surface area contributed by atoms with Crippen molar-refractivity contribution in [2.45, 2.75) is 39.3 Å². The lowest BCUT2D eigenvalue weighted by molar-refractivity contribution is -0.112. The number of nitrogens with one attached hydrogen (secondary N) is 1. The van der Waals surface area contributed by atoms with Gasteiger partial charge < -0.3 is 20.6 Å². The Morgan fingerprint density at radius 3 is 2.63 bits per heavy atom. The average Bonchev–Trinajstić information content (AvgIpc) is 2.87. The van der Waals surface area contributed by atoms with E-state index < -0.39 is 5.82 Å². The number of aromatic nitrogens is 2. The molecule has 3 aromatic rings. The predicted molar refractivity (Wildman–Crippen MR) is 140 cm³/mol. The molecule has 0 aliphatic rings. The topological polar surface area (TPSA) is 93.4 Å². The number of ether oxygens (including phenoxy) is 1. The van der Waals surface area contributed by atoms with Crippen LogP contribution >= 0.6 is 11.6 Å². The van der Waals surface area contributed by atoms with Crippen LogP contribution in [-0.2, 0) is 11.3 Å². The maximum atomic E-state index is 13.5. The number of benzene rings is 2. The van der Waals surface area contributed by atoms with E-state index in [1.807, 2.05) is 19.1 Å². The second-order valence-corrected chi connectivity index (χ2v) is 8.05. The highest BCUT2D eigenvalue weighted by atomic mass is 35.5. The van der Waals surface area contributed by atoms with E-state index in [0.717, 1.165) is 36.6 Å². The van der Waals surface area contributed by atoms with Gasteiger partial charge in [0.05, 0.1) is 30.2 Å². The third-order valence-corrected chi connectivity index (χ3v) is 5.56. The fourth-order valence-electron chi connectivity index (χ4n) is 3.56. The monoisotopic (exact) mass is 499 g/mol. The van der Waals surface area contributed by atoms with Gasteiger partial charge >= 0.3 is 0 Å². The SMILES string of the molecule is C#CCN.CCCN(Cc1cc2c(Nc3ccc(F)c(Cl)c3)ncnc2cc1OC)[C@@H](C=O)CC. The highest BCUT2D eigenvalue weighted by Crippen LogP contribution is 2.31. The van der Waals surface area contributed by atoms with Crippen LogP contribution in [0.3, 0.4) is 0 Å². The number of nitrogens with zero attached hydrogens (tertiary/aromatic N) is 3. The Hall–Kier alpha value is -3.25. The summed E-state index contributed by atoms with van der Waals surface area (Å²) in [6.07, 6.45) is 8.78. The van der Waals surface area contributed by atoms with E-state index in [0.29, 0.717) is 35.9 Å². The molecule has 0 aliphatic carbocycles. The molecule has 0 bridgehead atoms. The van der Waals surface area contributed by atoms with Crippen LogP contribution in [0.4, 0.5) is 15.9 Å². The summed E-state index contributed by atoms with van der Waals surface area (Å²) in [4.78, 5) is 22.4.